The first-order valence-electron chi connectivity index (χ1n) is 2.68. The van der Waals surface area contributed by atoms with Crippen LogP contribution in [0, 0.1) is 0 Å². The third-order valence-electron chi connectivity index (χ3n) is 0.695. The van der Waals surface area contributed by atoms with Crippen LogP contribution < -0.4 is 0 Å². The zero-order chi connectivity index (χ0) is 7.11. The summed E-state index contributed by atoms with van der Waals surface area (Å²) >= 11 is 3.68. The van der Waals surface area contributed by atoms with Gasteiger partial charge >= 0.3 is 5.97 Å². The maximum absolute atomic E-state index is 10.3. The summed E-state index contributed by atoms with van der Waals surface area (Å²) in [5.41, 5.74) is 0. The third-order valence-corrected chi connectivity index (χ3v) is 0.953. The molecule has 0 rings (SSSR count). The predicted molar refractivity (Wildman–Crippen MR) is 36.5 cm³/mol. The van der Waals surface area contributed by atoms with E-state index in [-0.39, 0.29) is 24.9 Å². The molecule has 0 aromatic carbocycles. The van der Waals surface area contributed by atoms with Gasteiger partial charge in [0.1, 0.15) is 0 Å². The molecule has 0 bridgehead atoms. The highest BCUT2D eigenvalue weighted by molar-refractivity contribution is 7.81. The van der Waals surface area contributed by atoms with E-state index in [2.05, 4.69) is 17.4 Å². The molecule has 0 aromatic rings. The van der Waals surface area contributed by atoms with Gasteiger partial charge in [-0.25, -0.2) is 0 Å². The van der Waals surface area contributed by atoms with E-state index >= 15 is 0 Å². The Morgan fingerprint density at radius 1 is 1.67 bits per heavy atom. The van der Waals surface area contributed by atoms with Crippen molar-refractivity contribution in [1.29, 1.82) is 0 Å². The van der Waals surface area contributed by atoms with Gasteiger partial charge < -0.3 is 9.84 Å². The van der Waals surface area contributed by atoms with Crippen molar-refractivity contribution in [2.24, 2.45) is 0 Å². The van der Waals surface area contributed by atoms with E-state index < -0.39 is 0 Å². The van der Waals surface area contributed by atoms with E-state index in [0.717, 1.165) is 0 Å². The molecule has 0 heterocycles. The molecular formula is C5H10O3S. The topological polar surface area (TPSA) is 46.5 Å². The van der Waals surface area contributed by atoms with Crippen molar-refractivity contribution in [3.05, 3.63) is 0 Å². The molecule has 3 nitrogen and oxygen atoms in total. The van der Waals surface area contributed by atoms with Crippen molar-refractivity contribution in [2.75, 3.05) is 19.0 Å². The SMILES string of the molecule is O=C(CS)OCCCO. The average molecular weight is 150 g/mol. The summed E-state index contributed by atoms with van der Waals surface area (Å²) in [6.45, 7) is 0.343. The van der Waals surface area contributed by atoms with Crippen LogP contribution in [0.4, 0.5) is 0 Å². The van der Waals surface area contributed by atoms with Gasteiger partial charge in [-0.1, -0.05) is 0 Å². The number of ether oxygens (including phenoxy) is 1. The van der Waals surface area contributed by atoms with Crippen LogP contribution in [-0.4, -0.2) is 30.0 Å². The van der Waals surface area contributed by atoms with Gasteiger partial charge in [0.25, 0.3) is 0 Å². The van der Waals surface area contributed by atoms with Crippen molar-refractivity contribution in [3.8, 4) is 0 Å². The summed E-state index contributed by atoms with van der Waals surface area (Å²) in [5, 5.41) is 8.24. The van der Waals surface area contributed by atoms with Crippen LogP contribution in [0.1, 0.15) is 6.42 Å². The van der Waals surface area contributed by atoms with E-state index in [1.54, 1.807) is 0 Å². The number of aliphatic hydroxyl groups is 1. The zero-order valence-corrected chi connectivity index (χ0v) is 5.93. The fourth-order valence-corrected chi connectivity index (χ4v) is 0.387. The Morgan fingerprint density at radius 2 is 2.33 bits per heavy atom. The van der Waals surface area contributed by atoms with Crippen LogP contribution in [0.25, 0.3) is 0 Å². The largest absolute Gasteiger partial charge is 0.465 e. The fourth-order valence-electron chi connectivity index (χ4n) is 0.296. The lowest BCUT2D eigenvalue weighted by Gasteiger charge is -1.98. The molecule has 0 aliphatic rings. The van der Waals surface area contributed by atoms with Gasteiger partial charge in [-0.3, -0.25) is 4.79 Å². The summed E-state index contributed by atoms with van der Waals surface area (Å²) in [5.74, 6) is -0.238. The van der Waals surface area contributed by atoms with Crippen molar-refractivity contribution in [3.63, 3.8) is 0 Å². The highest BCUT2D eigenvalue weighted by Gasteiger charge is 1.95. The van der Waals surface area contributed by atoms with Crippen molar-refractivity contribution in [2.45, 2.75) is 6.42 Å². The summed E-state index contributed by atoms with van der Waals surface area (Å²) in [6.07, 6.45) is 0.500. The van der Waals surface area contributed by atoms with E-state index in [4.69, 9.17) is 5.11 Å². The molecule has 0 aromatic heterocycles. The fraction of sp³-hybridized carbons (Fsp3) is 0.800. The zero-order valence-electron chi connectivity index (χ0n) is 5.04. The normalized spacial score (nSPS) is 9.11. The molecule has 0 aliphatic carbocycles. The molecule has 0 atom stereocenters. The number of esters is 1. The van der Waals surface area contributed by atoms with Crippen LogP contribution >= 0.6 is 12.6 Å². The van der Waals surface area contributed by atoms with Gasteiger partial charge in [-0.2, -0.15) is 12.6 Å². The molecule has 0 amide bonds. The molecule has 0 radical (unpaired) electrons. The Balaban J connectivity index is 2.97. The van der Waals surface area contributed by atoms with E-state index in [0.29, 0.717) is 6.42 Å². The van der Waals surface area contributed by atoms with Gasteiger partial charge in [0, 0.05) is 13.0 Å². The molecule has 54 valence electrons. The maximum atomic E-state index is 10.3. The molecule has 0 saturated carbocycles. The van der Waals surface area contributed by atoms with Crippen LogP contribution in [0.15, 0.2) is 0 Å². The highest BCUT2D eigenvalue weighted by Crippen LogP contribution is 1.84. The Morgan fingerprint density at radius 3 is 2.78 bits per heavy atom. The summed E-state index contributed by atoms with van der Waals surface area (Å²) in [4.78, 5) is 10.3. The number of hydrogen-bond acceptors (Lipinski definition) is 4. The second kappa shape index (κ2) is 5.91. The minimum atomic E-state index is -0.341. The maximum Gasteiger partial charge on any atom is 0.315 e. The van der Waals surface area contributed by atoms with Gasteiger partial charge in [-0.15, -0.1) is 0 Å². The first kappa shape index (κ1) is 8.78. The lowest BCUT2D eigenvalue weighted by Crippen LogP contribution is -2.07. The van der Waals surface area contributed by atoms with Crippen LogP contribution in [0.2, 0.25) is 0 Å². The summed E-state index contributed by atoms with van der Waals surface area (Å²) in [6, 6.07) is 0. The molecule has 0 unspecified atom stereocenters. The first-order valence-corrected chi connectivity index (χ1v) is 3.32. The van der Waals surface area contributed by atoms with Crippen LogP contribution in [-0.2, 0) is 9.53 Å². The van der Waals surface area contributed by atoms with Crippen LogP contribution in [0.5, 0.6) is 0 Å². The Labute approximate surface area is 59.4 Å². The number of hydrogen-bond donors (Lipinski definition) is 2. The number of aliphatic hydroxyl groups excluding tert-OH is 1. The van der Waals surface area contributed by atoms with Gasteiger partial charge in [-0.05, 0) is 0 Å². The second-order valence-corrected chi connectivity index (χ2v) is 1.77. The molecule has 0 spiro atoms. The Bertz CT molecular complexity index is 84.3. The van der Waals surface area contributed by atoms with Gasteiger partial charge in [0.2, 0.25) is 0 Å². The number of rotatable bonds is 4. The van der Waals surface area contributed by atoms with E-state index in [1.807, 2.05) is 0 Å². The molecule has 4 heteroatoms. The number of thiol groups is 1. The highest BCUT2D eigenvalue weighted by atomic mass is 32.1. The first-order chi connectivity index (χ1) is 4.31. The van der Waals surface area contributed by atoms with Gasteiger partial charge in [0.05, 0.1) is 12.4 Å². The standard InChI is InChI=1S/C5H10O3S/c6-2-1-3-8-5(7)4-9/h6,9H,1-4H2. The molecule has 9 heavy (non-hydrogen) atoms. The predicted octanol–water partition coefficient (Wildman–Crippen LogP) is -0.158. The molecule has 0 fully saturated rings. The van der Waals surface area contributed by atoms with E-state index in [1.165, 1.54) is 0 Å². The molecule has 1 N–H and O–H groups in total. The third kappa shape index (κ3) is 5.65. The quantitative estimate of drug-likeness (QED) is 0.332. The minimum Gasteiger partial charge on any atom is -0.465 e. The monoisotopic (exact) mass is 150 g/mol. The number of carbonyl (C=O) groups is 1. The van der Waals surface area contributed by atoms with E-state index in [9.17, 15) is 4.79 Å². The summed E-state index contributed by atoms with van der Waals surface area (Å²) < 4.78 is 4.56. The molecule has 0 saturated heterocycles. The lowest BCUT2D eigenvalue weighted by atomic mass is 10.5. The molecule has 0 aliphatic heterocycles. The van der Waals surface area contributed by atoms with Gasteiger partial charge in [0.15, 0.2) is 0 Å². The van der Waals surface area contributed by atoms with Crippen molar-refractivity contribution >= 4 is 18.6 Å². The smallest absolute Gasteiger partial charge is 0.315 e. The van der Waals surface area contributed by atoms with Crippen molar-refractivity contribution < 1.29 is 14.6 Å². The second-order valence-electron chi connectivity index (χ2n) is 1.46. The lowest BCUT2D eigenvalue weighted by molar-refractivity contribution is -0.140. The Hall–Kier alpha value is -0.220. The molecular weight excluding hydrogens is 140 g/mol. The van der Waals surface area contributed by atoms with Crippen molar-refractivity contribution in [1.82, 2.24) is 0 Å². The van der Waals surface area contributed by atoms with Crippen LogP contribution in [0.3, 0.4) is 0 Å². The minimum absolute atomic E-state index is 0.0554. The Kier molecular flexibility index (Phi) is 5.76. The summed E-state index contributed by atoms with van der Waals surface area (Å²) in [7, 11) is 0. The number of carbonyl (C=O) groups excluding carboxylic acids is 1. The average Bonchev–Trinajstić information content (AvgIpc) is 1.89.